The Labute approximate surface area is 149 Å². The van der Waals surface area contributed by atoms with Crippen molar-refractivity contribution in [3.05, 3.63) is 77.6 Å². The van der Waals surface area contributed by atoms with Crippen LogP contribution in [0.4, 0.5) is 0 Å². The lowest BCUT2D eigenvalue weighted by atomic mass is 10.1. The minimum atomic E-state index is 0.752. The van der Waals surface area contributed by atoms with E-state index in [1.54, 1.807) is 11.8 Å². The number of aromatic amines is 1. The molecule has 0 aliphatic heterocycles. The van der Waals surface area contributed by atoms with Crippen molar-refractivity contribution in [1.82, 2.24) is 9.97 Å². The molecule has 24 heavy (non-hydrogen) atoms. The number of nitrogens with zero attached hydrogens (tertiary/aromatic N) is 1. The highest BCUT2D eigenvalue weighted by Crippen LogP contribution is 2.40. The van der Waals surface area contributed by atoms with Crippen LogP contribution in [-0.2, 0) is 0 Å². The summed E-state index contributed by atoms with van der Waals surface area (Å²) in [6.07, 6.45) is 1.86. The van der Waals surface area contributed by atoms with Crippen LogP contribution in [0.3, 0.4) is 0 Å². The van der Waals surface area contributed by atoms with Crippen LogP contribution in [0, 0.1) is 6.92 Å². The Morgan fingerprint density at radius 2 is 1.71 bits per heavy atom. The van der Waals surface area contributed by atoms with Gasteiger partial charge in [0.05, 0.1) is 11.2 Å². The maximum Gasteiger partial charge on any atom is 0.0807 e. The molecule has 0 unspecified atom stereocenters. The van der Waals surface area contributed by atoms with Crippen molar-refractivity contribution in [2.45, 2.75) is 16.7 Å². The van der Waals surface area contributed by atoms with Gasteiger partial charge in [-0.2, -0.15) is 0 Å². The topological polar surface area (TPSA) is 28.7 Å². The van der Waals surface area contributed by atoms with Gasteiger partial charge < -0.3 is 4.98 Å². The van der Waals surface area contributed by atoms with Crippen LogP contribution in [0.25, 0.3) is 22.2 Å². The van der Waals surface area contributed by atoms with Crippen LogP contribution in [0.5, 0.6) is 0 Å². The Morgan fingerprint density at radius 1 is 0.958 bits per heavy atom. The van der Waals surface area contributed by atoms with Crippen LogP contribution in [0.1, 0.15) is 5.69 Å². The van der Waals surface area contributed by atoms with E-state index >= 15 is 0 Å². The lowest BCUT2D eigenvalue weighted by molar-refractivity contribution is 1.23. The number of halogens is 1. The summed E-state index contributed by atoms with van der Waals surface area (Å²) in [5, 5.41) is 1.92. The second-order valence-corrected chi connectivity index (χ2v) is 7.10. The van der Waals surface area contributed by atoms with E-state index in [0.29, 0.717) is 0 Å². The molecule has 4 rings (SSSR count). The van der Waals surface area contributed by atoms with Crippen molar-refractivity contribution in [3.8, 4) is 11.3 Å². The second-order valence-electron chi connectivity index (χ2n) is 5.58. The summed E-state index contributed by atoms with van der Waals surface area (Å²) in [6.45, 7) is 2.10. The lowest BCUT2D eigenvalue weighted by Crippen LogP contribution is -1.85. The molecule has 2 aromatic carbocycles. The third kappa shape index (κ3) is 2.81. The molecule has 0 aliphatic rings. The molecule has 4 heteroatoms. The average Bonchev–Trinajstić information content (AvgIpc) is 2.93. The molecule has 0 saturated heterocycles. The van der Waals surface area contributed by atoms with Gasteiger partial charge in [-0.3, -0.25) is 4.98 Å². The van der Waals surface area contributed by atoms with E-state index in [0.717, 1.165) is 32.4 Å². The van der Waals surface area contributed by atoms with Crippen molar-refractivity contribution in [2.75, 3.05) is 0 Å². The largest absolute Gasteiger partial charge is 0.358 e. The van der Waals surface area contributed by atoms with Gasteiger partial charge in [-0.05, 0) is 37.3 Å². The quantitative estimate of drug-likeness (QED) is 0.466. The molecule has 0 atom stereocenters. The summed E-state index contributed by atoms with van der Waals surface area (Å²) in [4.78, 5) is 10.5. The summed E-state index contributed by atoms with van der Waals surface area (Å²) in [6, 6.07) is 20.3. The SMILES string of the molecule is Cc1[nH]c2ccnc(-c3ccccc3)c2c1Sc1ccc(Cl)cc1. The normalized spacial score (nSPS) is 11.1. The molecule has 2 aromatic heterocycles. The van der Waals surface area contributed by atoms with E-state index in [1.807, 2.05) is 54.7 Å². The molecule has 2 nitrogen and oxygen atoms in total. The first-order valence-electron chi connectivity index (χ1n) is 7.68. The third-order valence-electron chi connectivity index (χ3n) is 3.92. The molecule has 0 fully saturated rings. The molecule has 0 aliphatic carbocycles. The molecule has 0 spiro atoms. The van der Waals surface area contributed by atoms with Crippen molar-refractivity contribution >= 4 is 34.3 Å². The average molecular weight is 351 g/mol. The van der Waals surface area contributed by atoms with Crippen LogP contribution >= 0.6 is 23.4 Å². The molecular weight excluding hydrogens is 336 g/mol. The summed E-state index contributed by atoms with van der Waals surface area (Å²) < 4.78 is 0. The first kappa shape index (κ1) is 15.3. The van der Waals surface area contributed by atoms with Gasteiger partial charge >= 0.3 is 0 Å². The summed E-state index contributed by atoms with van der Waals surface area (Å²) in [7, 11) is 0. The van der Waals surface area contributed by atoms with E-state index in [2.05, 4.69) is 29.0 Å². The van der Waals surface area contributed by atoms with Crippen molar-refractivity contribution in [3.63, 3.8) is 0 Å². The molecule has 1 N–H and O–H groups in total. The number of fused-ring (bicyclic) bond motifs is 1. The molecule has 4 aromatic rings. The summed E-state index contributed by atoms with van der Waals surface area (Å²) >= 11 is 7.74. The Bertz CT molecular complexity index is 992. The number of H-pyrrole nitrogens is 1. The zero-order valence-corrected chi connectivity index (χ0v) is 14.7. The maximum atomic E-state index is 6.00. The Hall–Kier alpha value is -2.23. The minimum absolute atomic E-state index is 0.752. The Kier molecular flexibility index (Phi) is 4.05. The summed E-state index contributed by atoms with van der Waals surface area (Å²) in [5.41, 5.74) is 4.39. The number of benzene rings is 2. The molecule has 0 amide bonds. The molecule has 118 valence electrons. The number of rotatable bonds is 3. The van der Waals surface area contributed by atoms with Crippen molar-refractivity contribution in [2.24, 2.45) is 0 Å². The first-order valence-corrected chi connectivity index (χ1v) is 8.88. The number of nitrogens with one attached hydrogen (secondary N) is 1. The van der Waals surface area contributed by atoms with Crippen LogP contribution < -0.4 is 0 Å². The number of hydrogen-bond acceptors (Lipinski definition) is 2. The fourth-order valence-electron chi connectivity index (χ4n) is 2.81. The lowest BCUT2D eigenvalue weighted by Gasteiger charge is -2.06. The zero-order valence-electron chi connectivity index (χ0n) is 13.1. The first-order chi connectivity index (χ1) is 11.7. The number of hydrogen-bond donors (Lipinski definition) is 1. The van der Waals surface area contributed by atoms with Crippen LogP contribution in [0.2, 0.25) is 5.02 Å². The molecule has 2 heterocycles. The number of aromatic nitrogens is 2. The van der Waals surface area contributed by atoms with E-state index in [-0.39, 0.29) is 0 Å². The van der Waals surface area contributed by atoms with E-state index < -0.39 is 0 Å². The second kappa shape index (κ2) is 6.34. The predicted octanol–water partition coefficient (Wildman–Crippen LogP) is 6.34. The van der Waals surface area contributed by atoms with Crippen molar-refractivity contribution in [1.29, 1.82) is 0 Å². The highest BCUT2D eigenvalue weighted by Gasteiger charge is 2.15. The van der Waals surface area contributed by atoms with Gasteiger partial charge in [0.25, 0.3) is 0 Å². The maximum absolute atomic E-state index is 6.00. The third-order valence-corrected chi connectivity index (χ3v) is 5.40. The number of aryl methyl sites for hydroxylation is 1. The Morgan fingerprint density at radius 3 is 2.46 bits per heavy atom. The number of pyridine rings is 1. The Balaban J connectivity index is 1.89. The van der Waals surface area contributed by atoms with E-state index in [1.165, 1.54) is 10.3 Å². The van der Waals surface area contributed by atoms with Crippen molar-refractivity contribution < 1.29 is 0 Å². The van der Waals surface area contributed by atoms with Gasteiger partial charge in [0.15, 0.2) is 0 Å². The summed E-state index contributed by atoms with van der Waals surface area (Å²) in [5.74, 6) is 0. The van der Waals surface area contributed by atoms with Gasteiger partial charge in [-0.15, -0.1) is 0 Å². The standard InChI is InChI=1S/C20H15ClN2S/c1-13-20(24-16-9-7-15(21)8-10-16)18-17(23-13)11-12-22-19(18)14-5-3-2-4-6-14/h2-12,23H,1H3. The zero-order chi connectivity index (χ0) is 16.5. The fraction of sp³-hybridized carbons (Fsp3) is 0.0500. The predicted molar refractivity (Wildman–Crippen MR) is 102 cm³/mol. The van der Waals surface area contributed by atoms with Gasteiger partial charge in [-0.1, -0.05) is 53.7 Å². The van der Waals surface area contributed by atoms with E-state index in [9.17, 15) is 0 Å². The van der Waals surface area contributed by atoms with E-state index in [4.69, 9.17) is 11.6 Å². The van der Waals surface area contributed by atoms with Crippen LogP contribution in [-0.4, -0.2) is 9.97 Å². The highest BCUT2D eigenvalue weighted by atomic mass is 35.5. The van der Waals surface area contributed by atoms with Gasteiger partial charge in [0.1, 0.15) is 0 Å². The smallest absolute Gasteiger partial charge is 0.0807 e. The van der Waals surface area contributed by atoms with Gasteiger partial charge in [0, 0.05) is 37.7 Å². The molecule has 0 radical (unpaired) electrons. The van der Waals surface area contributed by atoms with Gasteiger partial charge in [-0.25, -0.2) is 0 Å². The molecule has 0 saturated carbocycles. The fourth-order valence-corrected chi connectivity index (χ4v) is 3.95. The molecule has 0 bridgehead atoms. The highest BCUT2D eigenvalue weighted by molar-refractivity contribution is 7.99. The minimum Gasteiger partial charge on any atom is -0.358 e. The molecular formula is C20H15ClN2S. The monoisotopic (exact) mass is 350 g/mol. The van der Waals surface area contributed by atoms with Gasteiger partial charge in [0.2, 0.25) is 0 Å². The van der Waals surface area contributed by atoms with Crippen LogP contribution in [0.15, 0.2) is 76.7 Å².